The lowest BCUT2D eigenvalue weighted by molar-refractivity contribution is 0.0975. The molecule has 1 atom stereocenters. The molecular formula is C20H14ClFN2O. The van der Waals surface area contributed by atoms with Crippen LogP contribution >= 0.6 is 11.6 Å². The van der Waals surface area contributed by atoms with E-state index in [-0.39, 0.29) is 11.7 Å². The first-order chi connectivity index (χ1) is 12.1. The number of anilines is 2. The maximum atomic E-state index is 13.3. The molecule has 3 nitrogen and oxygen atoms in total. The molecule has 3 aromatic carbocycles. The van der Waals surface area contributed by atoms with Crippen LogP contribution in [0.2, 0.25) is 5.02 Å². The van der Waals surface area contributed by atoms with Crippen LogP contribution in [0.25, 0.3) is 0 Å². The molecule has 1 amide bonds. The molecular weight excluding hydrogens is 339 g/mol. The molecule has 1 aliphatic heterocycles. The molecule has 0 saturated heterocycles. The number of fused-ring (bicyclic) bond motifs is 1. The van der Waals surface area contributed by atoms with Crippen LogP contribution < -0.4 is 10.2 Å². The third-order valence-electron chi connectivity index (χ3n) is 4.22. The Morgan fingerprint density at radius 2 is 1.60 bits per heavy atom. The maximum Gasteiger partial charge on any atom is 0.262 e. The molecule has 0 spiro atoms. The highest BCUT2D eigenvalue weighted by Crippen LogP contribution is 2.36. The number of hydrogen-bond donors (Lipinski definition) is 1. The lowest BCUT2D eigenvalue weighted by Crippen LogP contribution is -2.43. The van der Waals surface area contributed by atoms with E-state index in [0.717, 1.165) is 11.3 Å². The van der Waals surface area contributed by atoms with Crippen LogP contribution in [-0.4, -0.2) is 5.91 Å². The minimum atomic E-state index is -0.412. The Hall–Kier alpha value is -2.85. The smallest absolute Gasteiger partial charge is 0.262 e. The van der Waals surface area contributed by atoms with Gasteiger partial charge in [0.2, 0.25) is 0 Å². The van der Waals surface area contributed by atoms with Crippen molar-refractivity contribution in [2.45, 2.75) is 6.17 Å². The second-order valence-corrected chi connectivity index (χ2v) is 6.23. The highest BCUT2D eigenvalue weighted by atomic mass is 35.5. The van der Waals surface area contributed by atoms with Crippen LogP contribution in [-0.2, 0) is 0 Å². The first-order valence-corrected chi connectivity index (χ1v) is 8.21. The highest BCUT2D eigenvalue weighted by molar-refractivity contribution is 6.30. The van der Waals surface area contributed by atoms with Crippen LogP contribution in [0.5, 0.6) is 0 Å². The summed E-state index contributed by atoms with van der Waals surface area (Å²) < 4.78 is 13.3. The van der Waals surface area contributed by atoms with Gasteiger partial charge in [-0.1, -0.05) is 35.9 Å². The lowest BCUT2D eigenvalue weighted by Gasteiger charge is -2.38. The molecule has 0 bridgehead atoms. The Bertz CT molecular complexity index is 925. The fourth-order valence-electron chi connectivity index (χ4n) is 3.00. The first-order valence-electron chi connectivity index (χ1n) is 7.83. The van der Waals surface area contributed by atoms with E-state index in [1.807, 2.05) is 30.3 Å². The van der Waals surface area contributed by atoms with Gasteiger partial charge in [0.05, 0.1) is 5.56 Å². The van der Waals surface area contributed by atoms with Crippen LogP contribution in [0.15, 0.2) is 72.8 Å². The minimum absolute atomic E-state index is 0.138. The van der Waals surface area contributed by atoms with Crippen molar-refractivity contribution in [2.24, 2.45) is 0 Å². The molecule has 25 heavy (non-hydrogen) atoms. The third kappa shape index (κ3) is 2.85. The van der Waals surface area contributed by atoms with Gasteiger partial charge in [-0.05, 0) is 54.1 Å². The van der Waals surface area contributed by atoms with Gasteiger partial charge >= 0.3 is 0 Å². The summed E-state index contributed by atoms with van der Waals surface area (Å²) in [6.45, 7) is 0. The van der Waals surface area contributed by atoms with E-state index in [1.54, 1.807) is 35.2 Å². The van der Waals surface area contributed by atoms with Gasteiger partial charge in [0, 0.05) is 16.4 Å². The van der Waals surface area contributed by atoms with Crippen molar-refractivity contribution in [1.29, 1.82) is 0 Å². The Morgan fingerprint density at radius 3 is 2.32 bits per heavy atom. The number of hydrogen-bond acceptors (Lipinski definition) is 2. The average molecular weight is 353 g/mol. The summed E-state index contributed by atoms with van der Waals surface area (Å²) in [6.07, 6.45) is -0.412. The molecule has 124 valence electrons. The Labute approximate surface area is 149 Å². The van der Waals surface area contributed by atoms with Crippen LogP contribution in [0, 0.1) is 5.82 Å². The van der Waals surface area contributed by atoms with Crippen LogP contribution in [0.4, 0.5) is 15.8 Å². The quantitative estimate of drug-likeness (QED) is 0.683. The van der Waals surface area contributed by atoms with Gasteiger partial charge in [-0.25, -0.2) is 4.39 Å². The summed E-state index contributed by atoms with van der Waals surface area (Å²) in [4.78, 5) is 14.7. The van der Waals surface area contributed by atoms with Crippen molar-refractivity contribution in [3.8, 4) is 0 Å². The van der Waals surface area contributed by atoms with Crippen LogP contribution in [0.3, 0.4) is 0 Å². The van der Waals surface area contributed by atoms with Gasteiger partial charge in [0.25, 0.3) is 5.91 Å². The van der Waals surface area contributed by atoms with Crippen molar-refractivity contribution in [3.05, 3.63) is 94.8 Å². The Morgan fingerprint density at radius 1 is 0.920 bits per heavy atom. The van der Waals surface area contributed by atoms with Gasteiger partial charge in [0.15, 0.2) is 0 Å². The van der Waals surface area contributed by atoms with E-state index in [2.05, 4.69) is 5.32 Å². The molecule has 0 aromatic heterocycles. The lowest BCUT2D eigenvalue weighted by atomic mass is 10.0. The fraction of sp³-hybridized carbons (Fsp3) is 0.0500. The van der Waals surface area contributed by atoms with Crippen molar-refractivity contribution in [1.82, 2.24) is 0 Å². The Balaban J connectivity index is 1.85. The summed E-state index contributed by atoms with van der Waals surface area (Å²) >= 11 is 5.99. The number of nitrogens with zero attached hydrogens (tertiary/aromatic N) is 1. The summed E-state index contributed by atoms with van der Waals surface area (Å²) in [6, 6.07) is 20.6. The zero-order valence-corrected chi connectivity index (χ0v) is 13.9. The van der Waals surface area contributed by atoms with E-state index in [1.165, 1.54) is 12.1 Å². The molecule has 4 rings (SSSR count). The molecule has 3 aromatic rings. The second kappa shape index (κ2) is 6.22. The predicted octanol–water partition coefficient (Wildman–Crippen LogP) is 5.25. The standard InChI is InChI=1S/C20H14ClFN2O/c21-14-7-5-13(6-8-14)19-23-18-4-2-1-3-17(18)20(25)24(19)16-11-9-15(22)10-12-16/h1-12,19,23H/t19-/m0/s1. The fourth-order valence-corrected chi connectivity index (χ4v) is 3.13. The van der Waals surface area contributed by atoms with Crippen molar-refractivity contribution in [2.75, 3.05) is 10.2 Å². The highest BCUT2D eigenvalue weighted by Gasteiger charge is 2.33. The molecule has 0 saturated carbocycles. The molecule has 0 radical (unpaired) electrons. The molecule has 1 aliphatic rings. The van der Waals surface area contributed by atoms with Crippen LogP contribution in [0.1, 0.15) is 22.1 Å². The number of para-hydroxylation sites is 1. The summed E-state index contributed by atoms with van der Waals surface area (Å²) in [5.74, 6) is -0.481. The van der Waals surface area contributed by atoms with Gasteiger partial charge in [0.1, 0.15) is 12.0 Å². The third-order valence-corrected chi connectivity index (χ3v) is 4.47. The van der Waals surface area contributed by atoms with E-state index in [4.69, 9.17) is 11.6 Å². The number of rotatable bonds is 2. The van der Waals surface area contributed by atoms with Gasteiger partial charge in [-0.15, -0.1) is 0 Å². The van der Waals surface area contributed by atoms with E-state index >= 15 is 0 Å². The van der Waals surface area contributed by atoms with Gasteiger partial charge < -0.3 is 5.32 Å². The zero-order chi connectivity index (χ0) is 17.4. The predicted molar refractivity (Wildman–Crippen MR) is 97.5 cm³/mol. The minimum Gasteiger partial charge on any atom is -0.360 e. The number of carbonyl (C=O) groups is 1. The molecule has 1 heterocycles. The normalized spacial score (nSPS) is 16.3. The number of benzene rings is 3. The average Bonchev–Trinajstić information content (AvgIpc) is 2.63. The molecule has 1 N–H and O–H groups in total. The SMILES string of the molecule is O=C1c2ccccc2N[C@H](c2ccc(Cl)cc2)N1c1ccc(F)cc1. The number of nitrogens with one attached hydrogen (secondary N) is 1. The van der Waals surface area contributed by atoms with E-state index in [9.17, 15) is 9.18 Å². The molecule has 0 fully saturated rings. The monoisotopic (exact) mass is 352 g/mol. The maximum absolute atomic E-state index is 13.3. The van der Waals surface area contributed by atoms with Crippen molar-refractivity contribution < 1.29 is 9.18 Å². The molecule has 5 heteroatoms. The number of halogens is 2. The number of carbonyl (C=O) groups excluding carboxylic acids is 1. The molecule has 0 aliphatic carbocycles. The number of amides is 1. The first kappa shape index (κ1) is 15.7. The largest absolute Gasteiger partial charge is 0.360 e. The molecule has 0 unspecified atom stereocenters. The van der Waals surface area contributed by atoms with Gasteiger partial charge in [-0.2, -0.15) is 0 Å². The van der Waals surface area contributed by atoms with Crippen molar-refractivity contribution >= 4 is 28.9 Å². The van der Waals surface area contributed by atoms with E-state index < -0.39 is 6.17 Å². The second-order valence-electron chi connectivity index (χ2n) is 5.80. The summed E-state index contributed by atoms with van der Waals surface area (Å²) in [7, 11) is 0. The Kier molecular flexibility index (Phi) is 3.90. The topological polar surface area (TPSA) is 32.3 Å². The van der Waals surface area contributed by atoms with E-state index in [0.29, 0.717) is 16.3 Å². The van der Waals surface area contributed by atoms with Crippen molar-refractivity contribution in [3.63, 3.8) is 0 Å². The zero-order valence-electron chi connectivity index (χ0n) is 13.1. The summed E-state index contributed by atoms with van der Waals surface area (Å²) in [5.41, 5.74) is 2.85. The van der Waals surface area contributed by atoms with Gasteiger partial charge in [-0.3, -0.25) is 9.69 Å². The summed E-state index contributed by atoms with van der Waals surface area (Å²) in [5, 5.41) is 4.02.